The van der Waals surface area contributed by atoms with Gasteiger partial charge >= 0.3 is 0 Å². The first kappa shape index (κ1) is 20.6. The van der Waals surface area contributed by atoms with E-state index in [0.29, 0.717) is 28.8 Å². The van der Waals surface area contributed by atoms with Gasteiger partial charge in [0.25, 0.3) is 5.56 Å². The molecular weight excluding hydrogens is 472 g/mol. The molecule has 1 fully saturated rings. The van der Waals surface area contributed by atoms with Crippen molar-refractivity contribution in [3.63, 3.8) is 0 Å². The number of phenols is 1. The van der Waals surface area contributed by atoms with Gasteiger partial charge in [0.1, 0.15) is 22.9 Å². The van der Waals surface area contributed by atoms with Crippen LogP contribution in [-0.2, 0) is 7.05 Å². The van der Waals surface area contributed by atoms with Gasteiger partial charge in [0.15, 0.2) is 11.5 Å². The SMILES string of the molecule is Cc1ccc2oc(C3CCN(c4c(C#N)c(=O)n(C)c5cc(O)c(Br)cc45)CC3)nc2c1. The number of anilines is 1. The van der Waals surface area contributed by atoms with E-state index in [1.54, 1.807) is 19.2 Å². The molecule has 0 radical (unpaired) electrons. The summed E-state index contributed by atoms with van der Waals surface area (Å²) in [5, 5.41) is 20.7. The number of piperidine rings is 1. The topological polar surface area (TPSA) is 95.3 Å². The number of aryl methyl sites for hydroxylation is 2. The summed E-state index contributed by atoms with van der Waals surface area (Å²) in [6.07, 6.45) is 1.60. The number of hydrogen-bond donors (Lipinski definition) is 1. The maximum absolute atomic E-state index is 12.9. The molecule has 7 nitrogen and oxygen atoms in total. The third-order valence-electron chi connectivity index (χ3n) is 6.27. The Bertz CT molecular complexity index is 1470. The standard InChI is InChI=1S/C24H21BrN4O3/c1-13-3-4-21-18(9-13)27-23(32-21)14-5-7-29(8-6-14)22-15-10-17(25)20(30)11-19(15)28(2)24(31)16(22)12-26/h3-4,9-11,14,30H,5-8H2,1-2H3. The monoisotopic (exact) mass is 492 g/mol. The summed E-state index contributed by atoms with van der Waals surface area (Å²) in [5.41, 5.74) is 3.77. The number of oxazole rings is 1. The molecule has 0 atom stereocenters. The fourth-order valence-electron chi connectivity index (χ4n) is 4.54. The fourth-order valence-corrected chi connectivity index (χ4v) is 4.88. The largest absolute Gasteiger partial charge is 0.507 e. The molecule has 0 spiro atoms. The number of hydrogen-bond acceptors (Lipinski definition) is 6. The lowest BCUT2D eigenvalue weighted by Gasteiger charge is -2.33. The van der Waals surface area contributed by atoms with Crippen molar-refractivity contribution < 1.29 is 9.52 Å². The average Bonchev–Trinajstić information content (AvgIpc) is 3.21. The number of pyridine rings is 1. The molecular formula is C24H21BrN4O3. The summed E-state index contributed by atoms with van der Waals surface area (Å²) in [7, 11) is 1.61. The van der Waals surface area contributed by atoms with E-state index in [9.17, 15) is 15.2 Å². The lowest BCUT2D eigenvalue weighted by atomic mass is 9.95. The third-order valence-corrected chi connectivity index (χ3v) is 6.90. The highest BCUT2D eigenvalue weighted by atomic mass is 79.9. The van der Waals surface area contributed by atoms with Crippen LogP contribution in [0.25, 0.3) is 22.0 Å². The molecule has 2 aromatic heterocycles. The van der Waals surface area contributed by atoms with Crippen molar-refractivity contribution in [1.82, 2.24) is 9.55 Å². The Morgan fingerprint density at radius 2 is 2.00 bits per heavy atom. The van der Waals surface area contributed by atoms with Crippen molar-refractivity contribution >= 4 is 43.6 Å². The molecule has 4 aromatic rings. The number of aromatic hydroxyl groups is 1. The molecule has 0 unspecified atom stereocenters. The molecule has 2 aromatic carbocycles. The van der Waals surface area contributed by atoms with E-state index in [-0.39, 0.29) is 22.8 Å². The van der Waals surface area contributed by atoms with Crippen LogP contribution in [0, 0.1) is 18.3 Å². The third kappa shape index (κ3) is 3.24. The van der Waals surface area contributed by atoms with E-state index in [1.165, 1.54) is 4.57 Å². The lowest BCUT2D eigenvalue weighted by molar-refractivity contribution is 0.407. The van der Waals surface area contributed by atoms with Crippen molar-refractivity contribution in [3.8, 4) is 11.8 Å². The Labute approximate surface area is 192 Å². The zero-order valence-corrected chi connectivity index (χ0v) is 19.3. The van der Waals surface area contributed by atoms with Crippen LogP contribution in [0.15, 0.2) is 44.0 Å². The first-order valence-electron chi connectivity index (χ1n) is 10.4. The molecule has 162 valence electrons. The van der Waals surface area contributed by atoms with E-state index in [2.05, 4.69) is 26.9 Å². The summed E-state index contributed by atoms with van der Waals surface area (Å²) in [4.78, 5) is 19.7. The van der Waals surface area contributed by atoms with E-state index < -0.39 is 0 Å². The van der Waals surface area contributed by atoms with Crippen LogP contribution >= 0.6 is 15.9 Å². The normalized spacial score (nSPS) is 14.9. The quantitative estimate of drug-likeness (QED) is 0.435. The number of phenolic OH excluding ortho intramolecular Hbond substituents is 1. The second kappa shape index (κ2) is 7.68. The molecule has 0 amide bonds. The van der Waals surface area contributed by atoms with Crippen LogP contribution in [0.1, 0.15) is 35.8 Å². The van der Waals surface area contributed by atoms with Crippen molar-refractivity contribution in [2.45, 2.75) is 25.7 Å². The van der Waals surface area contributed by atoms with Crippen molar-refractivity contribution in [2.75, 3.05) is 18.0 Å². The van der Waals surface area contributed by atoms with Gasteiger partial charge in [-0.05, 0) is 59.5 Å². The zero-order valence-electron chi connectivity index (χ0n) is 17.7. The summed E-state index contributed by atoms with van der Waals surface area (Å²) < 4.78 is 7.95. The van der Waals surface area contributed by atoms with Crippen LogP contribution in [0.5, 0.6) is 5.75 Å². The summed E-state index contributed by atoms with van der Waals surface area (Å²) in [6, 6.07) is 11.4. The highest BCUT2D eigenvalue weighted by Gasteiger charge is 2.28. The molecule has 0 bridgehead atoms. The van der Waals surface area contributed by atoms with Gasteiger partial charge in [0, 0.05) is 37.5 Å². The van der Waals surface area contributed by atoms with Gasteiger partial charge in [-0.1, -0.05) is 6.07 Å². The predicted molar refractivity (Wildman–Crippen MR) is 126 cm³/mol. The summed E-state index contributed by atoms with van der Waals surface area (Å²) >= 11 is 3.37. The van der Waals surface area contributed by atoms with Crippen molar-refractivity contribution in [3.05, 3.63) is 62.2 Å². The predicted octanol–water partition coefficient (Wildman–Crippen LogP) is 4.71. The van der Waals surface area contributed by atoms with Crippen molar-refractivity contribution in [2.24, 2.45) is 7.05 Å². The molecule has 3 heterocycles. The molecule has 5 rings (SSSR count). The maximum Gasteiger partial charge on any atom is 0.270 e. The van der Waals surface area contributed by atoms with E-state index >= 15 is 0 Å². The molecule has 1 aliphatic heterocycles. The fraction of sp³-hybridized carbons (Fsp3) is 0.292. The Balaban J connectivity index is 1.52. The lowest BCUT2D eigenvalue weighted by Crippen LogP contribution is -2.35. The molecule has 1 N–H and O–H groups in total. The number of benzene rings is 2. The zero-order chi connectivity index (χ0) is 22.6. The van der Waals surface area contributed by atoms with Crippen LogP contribution in [-0.4, -0.2) is 27.7 Å². The van der Waals surface area contributed by atoms with Crippen LogP contribution in [0.4, 0.5) is 5.69 Å². The summed E-state index contributed by atoms with van der Waals surface area (Å²) in [5.74, 6) is 0.971. The Morgan fingerprint density at radius 3 is 2.72 bits per heavy atom. The average molecular weight is 493 g/mol. The molecule has 0 aliphatic carbocycles. The van der Waals surface area contributed by atoms with E-state index in [1.807, 2.05) is 25.1 Å². The minimum atomic E-state index is -0.367. The molecule has 8 heteroatoms. The molecule has 0 saturated carbocycles. The van der Waals surface area contributed by atoms with Gasteiger partial charge in [0.2, 0.25) is 0 Å². The highest BCUT2D eigenvalue weighted by molar-refractivity contribution is 9.10. The van der Waals surface area contributed by atoms with Crippen LogP contribution in [0.2, 0.25) is 0 Å². The minimum absolute atomic E-state index is 0.0491. The number of nitrogens with zero attached hydrogens (tertiary/aromatic N) is 4. The first-order chi connectivity index (χ1) is 15.4. The van der Waals surface area contributed by atoms with Gasteiger partial charge in [-0.25, -0.2) is 4.98 Å². The minimum Gasteiger partial charge on any atom is -0.507 e. The number of fused-ring (bicyclic) bond motifs is 2. The first-order valence-corrected chi connectivity index (χ1v) is 11.2. The highest BCUT2D eigenvalue weighted by Crippen LogP contribution is 2.38. The number of halogens is 1. The van der Waals surface area contributed by atoms with E-state index in [0.717, 1.165) is 40.8 Å². The van der Waals surface area contributed by atoms with Crippen molar-refractivity contribution in [1.29, 1.82) is 5.26 Å². The van der Waals surface area contributed by atoms with E-state index in [4.69, 9.17) is 9.40 Å². The molecule has 1 aliphatic rings. The summed E-state index contributed by atoms with van der Waals surface area (Å²) in [6.45, 7) is 3.36. The van der Waals surface area contributed by atoms with Gasteiger partial charge < -0.3 is 19.0 Å². The second-order valence-corrected chi connectivity index (χ2v) is 9.16. The molecule has 32 heavy (non-hydrogen) atoms. The molecule has 1 saturated heterocycles. The van der Waals surface area contributed by atoms with Crippen LogP contribution < -0.4 is 10.5 Å². The Hall–Kier alpha value is -3.31. The number of aromatic nitrogens is 2. The Morgan fingerprint density at radius 1 is 1.25 bits per heavy atom. The van der Waals surface area contributed by atoms with Gasteiger partial charge in [-0.15, -0.1) is 0 Å². The smallest absolute Gasteiger partial charge is 0.270 e. The number of rotatable bonds is 2. The number of nitriles is 1. The Kier molecular flexibility index (Phi) is 4.94. The second-order valence-electron chi connectivity index (χ2n) is 8.30. The van der Waals surface area contributed by atoms with Gasteiger partial charge in [-0.2, -0.15) is 5.26 Å². The van der Waals surface area contributed by atoms with Gasteiger partial charge in [0.05, 0.1) is 15.7 Å². The van der Waals surface area contributed by atoms with Crippen LogP contribution in [0.3, 0.4) is 0 Å². The maximum atomic E-state index is 12.9. The van der Waals surface area contributed by atoms with Gasteiger partial charge in [-0.3, -0.25) is 4.79 Å².